The highest BCUT2D eigenvalue weighted by Crippen LogP contribution is 2.15. The lowest BCUT2D eigenvalue weighted by molar-refractivity contribution is 0.0285. The fraction of sp³-hybridized carbons (Fsp3) is 0.462. The van der Waals surface area contributed by atoms with Crippen LogP contribution in [0.25, 0.3) is 0 Å². The maximum absolute atomic E-state index is 11.9. The van der Waals surface area contributed by atoms with Crippen molar-refractivity contribution in [2.45, 2.75) is 13.0 Å². The molecule has 0 radical (unpaired) electrons. The molecule has 1 amide bonds. The van der Waals surface area contributed by atoms with Crippen LogP contribution in [0.3, 0.4) is 0 Å². The van der Waals surface area contributed by atoms with Gasteiger partial charge in [0.25, 0.3) is 5.91 Å². The Hall–Kier alpha value is -0.910. The van der Waals surface area contributed by atoms with Gasteiger partial charge in [0.05, 0.1) is 12.7 Å². The van der Waals surface area contributed by atoms with Crippen molar-refractivity contribution in [2.75, 3.05) is 27.4 Å². The summed E-state index contributed by atoms with van der Waals surface area (Å²) in [6.45, 7) is 2.83. The molecule has 18 heavy (non-hydrogen) atoms. The van der Waals surface area contributed by atoms with Gasteiger partial charge in [-0.05, 0) is 30.7 Å². The van der Waals surface area contributed by atoms with Crippen molar-refractivity contribution >= 4 is 21.8 Å². The number of hydrogen-bond acceptors (Lipinski definition) is 3. The summed E-state index contributed by atoms with van der Waals surface area (Å²) in [6.07, 6.45) is -0.132. The molecular weight excluding hydrogens is 298 g/mol. The molecule has 1 atom stereocenters. The normalized spacial score (nSPS) is 12.2. The van der Waals surface area contributed by atoms with Crippen molar-refractivity contribution in [3.8, 4) is 0 Å². The van der Waals surface area contributed by atoms with E-state index < -0.39 is 0 Å². The third-order valence-corrected chi connectivity index (χ3v) is 2.94. The summed E-state index contributed by atoms with van der Waals surface area (Å²) < 4.78 is 11.1. The van der Waals surface area contributed by atoms with E-state index in [1.165, 1.54) is 0 Å². The van der Waals surface area contributed by atoms with Crippen LogP contribution in [0.1, 0.15) is 15.9 Å². The highest BCUT2D eigenvalue weighted by molar-refractivity contribution is 9.10. The van der Waals surface area contributed by atoms with E-state index in [0.717, 1.165) is 10.0 Å². The van der Waals surface area contributed by atoms with Crippen molar-refractivity contribution in [1.29, 1.82) is 0 Å². The molecule has 0 aliphatic rings. The average molecular weight is 316 g/mol. The first-order chi connectivity index (χ1) is 8.56. The number of ether oxygens (including phenoxy) is 2. The maximum atomic E-state index is 11.9. The number of aryl methyl sites for hydroxylation is 1. The van der Waals surface area contributed by atoms with Crippen molar-refractivity contribution in [2.24, 2.45) is 0 Å². The molecule has 1 aromatic carbocycles. The average Bonchev–Trinajstić information content (AvgIpc) is 2.32. The van der Waals surface area contributed by atoms with Crippen molar-refractivity contribution in [3.05, 3.63) is 33.8 Å². The third-order valence-electron chi connectivity index (χ3n) is 2.48. The first-order valence-corrected chi connectivity index (χ1v) is 6.43. The fourth-order valence-corrected chi connectivity index (χ4v) is 2.18. The van der Waals surface area contributed by atoms with Crippen LogP contribution in [0, 0.1) is 6.92 Å². The largest absolute Gasteiger partial charge is 0.382 e. The quantitative estimate of drug-likeness (QED) is 0.875. The predicted octanol–water partition coefficient (Wildman–Crippen LogP) is 2.15. The van der Waals surface area contributed by atoms with Gasteiger partial charge in [-0.1, -0.05) is 15.9 Å². The minimum absolute atomic E-state index is 0.113. The number of benzene rings is 1. The van der Waals surface area contributed by atoms with Crippen molar-refractivity contribution in [3.63, 3.8) is 0 Å². The molecule has 0 bridgehead atoms. The van der Waals surface area contributed by atoms with Crippen molar-refractivity contribution in [1.82, 2.24) is 5.32 Å². The minimum Gasteiger partial charge on any atom is -0.382 e. The van der Waals surface area contributed by atoms with Crippen LogP contribution < -0.4 is 5.32 Å². The fourth-order valence-electron chi connectivity index (χ4n) is 1.57. The molecule has 4 nitrogen and oxygen atoms in total. The van der Waals surface area contributed by atoms with Gasteiger partial charge in [-0.3, -0.25) is 4.79 Å². The second-order valence-corrected chi connectivity index (χ2v) is 4.96. The lowest BCUT2D eigenvalue weighted by Gasteiger charge is -2.15. The molecule has 0 saturated carbocycles. The summed E-state index contributed by atoms with van der Waals surface area (Å²) in [6, 6.07) is 5.60. The summed E-state index contributed by atoms with van der Waals surface area (Å²) >= 11 is 3.38. The summed E-state index contributed by atoms with van der Waals surface area (Å²) in [5.41, 5.74) is 1.67. The summed E-state index contributed by atoms with van der Waals surface area (Å²) in [4.78, 5) is 11.9. The monoisotopic (exact) mass is 315 g/mol. The molecule has 1 unspecified atom stereocenters. The van der Waals surface area contributed by atoms with Crippen LogP contribution in [0.15, 0.2) is 22.7 Å². The van der Waals surface area contributed by atoms with Crippen LogP contribution in [0.4, 0.5) is 0 Å². The van der Waals surface area contributed by atoms with Gasteiger partial charge in [0.1, 0.15) is 0 Å². The third kappa shape index (κ3) is 4.76. The molecule has 0 aliphatic carbocycles. The zero-order chi connectivity index (χ0) is 13.5. The van der Waals surface area contributed by atoms with Crippen LogP contribution in [-0.2, 0) is 9.47 Å². The Balaban J connectivity index is 2.59. The van der Waals surface area contributed by atoms with Gasteiger partial charge in [0, 0.05) is 30.8 Å². The van der Waals surface area contributed by atoms with Crippen LogP contribution in [0.2, 0.25) is 0 Å². The van der Waals surface area contributed by atoms with E-state index >= 15 is 0 Å². The number of carbonyl (C=O) groups excluding carboxylic acids is 1. The molecule has 100 valence electrons. The van der Waals surface area contributed by atoms with Gasteiger partial charge in [-0.2, -0.15) is 0 Å². The topological polar surface area (TPSA) is 47.6 Å². The molecule has 1 N–H and O–H groups in total. The lowest BCUT2D eigenvalue weighted by atomic mass is 10.1. The Morgan fingerprint density at radius 1 is 1.39 bits per heavy atom. The SMILES string of the molecule is COCC(CNC(=O)c1cc(C)cc(Br)c1)OC. The van der Waals surface area contributed by atoms with E-state index in [2.05, 4.69) is 21.2 Å². The maximum Gasteiger partial charge on any atom is 0.251 e. The van der Waals surface area contributed by atoms with Crippen molar-refractivity contribution < 1.29 is 14.3 Å². The molecule has 0 saturated heterocycles. The van der Waals surface area contributed by atoms with Crippen LogP contribution in [-0.4, -0.2) is 39.4 Å². The van der Waals surface area contributed by atoms with E-state index in [-0.39, 0.29) is 12.0 Å². The summed E-state index contributed by atoms with van der Waals surface area (Å²) in [5, 5.41) is 2.82. The zero-order valence-corrected chi connectivity index (χ0v) is 12.4. The van der Waals surface area contributed by atoms with Gasteiger partial charge in [0.2, 0.25) is 0 Å². The minimum atomic E-state index is -0.132. The highest BCUT2D eigenvalue weighted by atomic mass is 79.9. The number of halogens is 1. The second kappa shape index (κ2) is 7.51. The Morgan fingerprint density at radius 2 is 2.11 bits per heavy atom. The van der Waals surface area contributed by atoms with Crippen LogP contribution in [0.5, 0.6) is 0 Å². The number of rotatable bonds is 6. The molecular formula is C13H18BrNO3. The van der Waals surface area contributed by atoms with E-state index in [4.69, 9.17) is 9.47 Å². The predicted molar refractivity (Wildman–Crippen MR) is 73.9 cm³/mol. The highest BCUT2D eigenvalue weighted by Gasteiger charge is 2.11. The van der Waals surface area contributed by atoms with Crippen LogP contribution >= 0.6 is 15.9 Å². The second-order valence-electron chi connectivity index (χ2n) is 4.04. The zero-order valence-electron chi connectivity index (χ0n) is 10.8. The Labute approximate surface area is 116 Å². The lowest BCUT2D eigenvalue weighted by Crippen LogP contribution is -2.35. The first kappa shape index (κ1) is 15.1. The van der Waals surface area contributed by atoms with E-state index in [1.54, 1.807) is 20.3 Å². The molecule has 5 heteroatoms. The Bertz CT molecular complexity index is 389. The van der Waals surface area contributed by atoms with E-state index in [1.807, 2.05) is 19.1 Å². The number of hydrogen-bond donors (Lipinski definition) is 1. The molecule has 0 fully saturated rings. The number of methoxy groups -OCH3 is 2. The van der Waals surface area contributed by atoms with Gasteiger partial charge in [-0.25, -0.2) is 0 Å². The Kier molecular flexibility index (Phi) is 6.32. The van der Waals surface area contributed by atoms with E-state index in [9.17, 15) is 4.79 Å². The molecule has 1 rings (SSSR count). The van der Waals surface area contributed by atoms with Gasteiger partial charge in [-0.15, -0.1) is 0 Å². The van der Waals surface area contributed by atoms with Gasteiger partial charge >= 0.3 is 0 Å². The van der Waals surface area contributed by atoms with E-state index in [0.29, 0.717) is 18.7 Å². The number of carbonyl (C=O) groups is 1. The van der Waals surface area contributed by atoms with Gasteiger partial charge in [0.15, 0.2) is 0 Å². The number of amides is 1. The Morgan fingerprint density at radius 3 is 2.67 bits per heavy atom. The molecule has 1 aromatic rings. The number of nitrogens with one attached hydrogen (secondary N) is 1. The smallest absolute Gasteiger partial charge is 0.251 e. The molecule has 0 heterocycles. The first-order valence-electron chi connectivity index (χ1n) is 5.64. The molecule has 0 aliphatic heterocycles. The molecule has 0 spiro atoms. The molecule has 0 aromatic heterocycles. The standard InChI is InChI=1S/C13H18BrNO3/c1-9-4-10(6-11(14)5-9)13(16)15-7-12(18-3)8-17-2/h4-6,12H,7-8H2,1-3H3,(H,15,16). The van der Waals surface area contributed by atoms with Gasteiger partial charge < -0.3 is 14.8 Å². The summed E-state index contributed by atoms with van der Waals surface area (Å²) in [5.74, 6) is -0.113. The summed E-state index contributed by atoms with van der Waals surface area (Å²) in [7, 11) is 3.20.